The first-order valence-electron chi connectivity index (χ1n) is 7.24. The largest absolute Gasteiger partial charge is 0.460 e. The third-order valence-electron chi connectivity index (χ3n) is 3.90. The van der Waals surface area contributed by atoms with Gasteiger partial charge in [0.05, 0.1) is 24.3 Å². The fraction of sp³-hybridized carbons (Fsp3) is 0.353. The van der Waals surface area contributed by atoms with Gasteiger partial charge in [-0.05, 0) is 49.2 Å². The van der Waals surface area contributed by atoms with Crippen LogP contribution in [0.5, 0.6) is 0 Å². The Balaban J connectivity index is 1.67. The fourth-order valence-corrected chi connectivity index (χ4v) is 2.62. The predicted octanol–water partition coefficient (Wildman–Crippen LogP) is 2.77. The van der Waals surface area contributed by atoms with Crippen molar-refractivity contribution in [2.75, 3.05) is 13.1 Å². The van der Waals surface area contributed by atoms with Gasteiger partial charge in [0.2, 0.25) is 0 Å². The lowest BCUT2D eigenvalue weighted by atomic mass is 10.1. The van der Waals surface area contributed by atoms with E-state index in [1.807, 2.05) is 24.3 Å². The molecule has 0 bridgehead atoms. The molecule has 1 saturated heterocycles. The van der Waals surface area contributed by atoms with Crippen LogP contribution >= 0.6 is 0 Å². The number of nitrogens with zero attached hydrogens (tertiary/aromatic N) is 2. The Morgan fingerprint density at radius 3 is 2.52 bits per heavy atom. The van der Waals surface area contributed by atoms with Gasteiger partial charge in [-0.3, -0.25) is 4.90 Å². The van der Waals surface area contributed by atoms with Crippen molar-refractivity contribution in [3.8, 4) is 17.4 Å². The number of hydrogen-bond donors (Lipinski definition) is 1. The van der Waals surface area contributed by atoms with Gasteiger partial charge in [-0.15, -0.1) is 0 Å². The van der Waals surface area contributed by atoms with Gasteiger partial charge in [0, 0.05) is 18.7 Å². The van der Waals surface area contributed by atoms with Crippen LogP contribution in [0.4, 0.5) is 0 Å². The Labute approximate surface area is 124 Å². The molecule has 1 aliphatic rings. The van der Waals surface area contributed by atoms with Gasteiger partial charge in [0.1, 0.15) is 11.5 Å². The van der Waals surface area contributed by atoms with Crippen molar-refractivity contribution in [2.45, 2.75) is 25.5 Å². The number of rotatable bonds is 3. The summed E-state index contributed by atoms with van der Waals surface area (Å²) in [5.41, 5.74) is 1.63. The van der Waals surface area contributed by atoms with E-state index in [1.165, 1.54) is 0 Å². The normalized spacial score (nSPS) is 16.8. The molecule has 1 aromatic carbocycles. The molecule has 0 unspecified atom stereocenters. The van der Waals surface area contributed by atoms with Crippen molar-refractivity contribution in [1.82, 2.24) is 4.90 Å². The van der Waals surface area contributed by atoms with Crippen LogP contribution in [-0.2, 0) is 6.54 Å². The van der Waals surface area contributed by atoms with Crippen molar-refractivity contribution in [1.29, 1.82) is 5.26 Å². The summed E-state index contributed by atoms with van der Waals surface area (Å²) >= 11 is 0. The summed E-state index contributed by atoms with van der Waals surface area (Å²) in [4.78, 5) is 2.30. The summed E-state index contributed by atoms with van der Waals surface area (Å²) in [5.74, 6) is 1.76. The van der Waals surface area contributed by atoms with E-state index in [2.05, 4.69) is 11.0 Å². The van der Waals surface area contributed by atoms with Crippen LogP contribution in [-0.4, -0.2) is 29.2 Å². The molecule has 1 fully saturated rings. The molecular formula is C17H18N2O2. The Hall–Kier alpha value is -2.09. The van der Waals surface area contributed by atoms with Crippen molar-refractivity contribution in [2.24, 2.45) is 0 Å². The first-order valence-corrected chi connectivity index (χ1v) is 7.24. The molecule has 0 aliphatic carbocycles. The van der Waals surface area contributed by atoms with Crippen LogP contribution < -0.4 is 0 Å². The number of hydrogen-bond acceptors (Lipinski definition) is 4. The molecule has 1 aromatic heterocycles. The Kier molecular flexibility index (Phi) is 4.05. The lowest BCUT2D eigenvalue weighted by molar-refractivity contribution is 0.0761. The van der Waals surface area contributed by atoms with E-state index < -0.39 is 0 Å². The number of benzene rings is 1. The zero-order valence-corrected chi connectivity index (χ0v) is 11.8. The highest BCUT2D eigenvalue weighted by Gasteiger charge is 2.18. The molecule has 2 heterocycles. The lowest BCUT2D eigenvalue weighted by Gasteiger charge is -2.28. The fourth-order valence-electron chi connectivity index (χ4n) is 2.62. The SMILES string of the molecule is N#Cc1ccc(-c2ccc(CN3CCC(O)CC3)o2)cc1. The van der Waals surface area contributed by atoms with Gasteiger partial charge in [0.25, 0.3) is 0 Å². The van der Waals surface area contributed by atoms with Gasteiger partial charge in [-0.2, -0.15) is 5.26 Å². The Morgan fingerprint density at radius 1 is 1.14 bits per heavy atom. The molecule has 2 aromatic rings. The highest BCUT2D eigenvalue weighted by atomic mass is 16.3. The van der Waals surface area contributed by atoms with Gasteiger partial charge in [-0.1, -0.05) is 0 Å². The van der Waals surface area contributed by atoms with E-state index >= 15 is 0 Å². The standard InChI is InChI=1S/C17H18N2O2/c18-11-13-1-3-14(4-2-13)17-6-5-16(21-17)12-19-9-7-15(20)8-10-19/h1-6,15,20H,7-10,12H2. The summed E-state index contributed by atoms with van der Waals surface area (Å²) in [6, 6.07) is 13.5. The van der Waals surface area contributed by atoms with E-state index in [0.717, 1.165) is 49.6 Å². The van der Waals surface area contributed by atoms with Crippen molar-refractivity contribution >= 4 is 0 Å². The Bertz CT molecular complexity index is 632. The van der Waals surface area contributed by atoms with Crippen LogP contribution in [0.25, 0.3) is 11.3 Å². The highest BCUT2D eigenvalue weighted by molar-refractivity contribution is 5.58. The Morgan fingerprint density at radius 2 is 1.86 bits per heavy atom. The monoisotopic (exact) mass is 282 g/mol. The summed E-state index contributed by atoms with van der Waals surface area (Å²) in [6.07, 6.45) is 1.53. The smallest absolute Gasteiger partial charge is 0.134 e. The van der Waals surface area contributed by atoms with E-state index in [4.69, 9.17) is 9.68 Å². The van der Waals surface area contributed by atoms with Crippen LogP contribution in [0.3, 0.4) is 0 Å². The minimum absolute atomic E-state index is 0.146. The second-order valence-electron chi connectivity index (χ2n) is 5.46. The molecule has 108 valence electrons. The average Bonchev–Trinajstić information content (AvgIpc) is 2.98. The third kappa shape index (κ3) is 3.33. The predicted molar refractivity (Wildman–Crippen MR) is 79.4 cm³/mol. The molecule has 0 radical (unpaired) electrons. The lowest BCUT2D eigenvalue weighted by Crippen LogP contribution is -2.35. The van der Waals surface area contributed by atoms with Crippen LogP contribution in [0, 0.1) is 11.3 Å². The van der Waals surface area contributed by atoms with Gasteiger partial charge >= 0.3 is 0 Å². The zero-order valence-electron chi connectivity index (χ0n) is 11.8. The molecular weight excluding hydrogens is 264 g/mol. The summed E-state index contributed by atoms with van der Waals surface area (Å²) in [7, 11) is 0. The van der Waals surface area contributed by atoms with E-state index in [-0.39, 0.29) is 6.10 Å². The molecule has 0 saturated carbocycles. The minimum Gasteiger partial charge on any atom is -0.460 e. The maximum absolute atomic E-state index is 9.52. The molecule has 3 rings (SSSR count). The minimum atomic E-state index is -0.146. The molecule has 1 N–H and O–H groups in total. The molecule has 21 heavy (non-hydrogen) atoms. The molecule has 0 amide bonds. The average molecular weight is 282 g/mol. The topological polar surface area (TPSA) is 60.4 Å². The van der Waals surface area contributed by atoms with E-state index in [1.54, 1.807) is 12.1 Å². The molecule has 1 aliphatic heterocycles. The van der Waals surface area contributed by atoms with E-state index in [0.29, 0.717) is 5.56 Å². The highest BCUT2D eigenvalue weighted by Crippen LogP contribution is 2.24. The molecule has 0 spiro atoms. The van der Waals surface area contributed by atoms with Crippen LogP contribution in [0.15, 0.2) is 40.8 Å². The summed E-state index contributed by atoms with van der Waals surface area (Å²) < 4.78 is 5.89. The third-order valence-corrected chi connectivity index (χ3v) is 3.90. The van der Waals surface area contributed by atoms with Crippen molar-refractivity contribution in [3.63, 3.8) is 0 Å². The number of piperidine rings is 1. The van der Waals surface area contributed by atoms with Crippen molar-refractivity contribution in [3.05, 3.63) is 47.7 Å². The molecule has 4 heteroatoms. The number of furan rings is 1. The summed E-state index contributed by atoms with van der Waals surface area (Å²) in [6.45, 7) is 2.60. The molecule has 4 nitrogen and oxygen atoms in total. The van der Waals surface area contributed by atoms with Gasteiger partial charge in [-0.25, -0.2) is 0 Å². The zero-order chi connectivity index (χ0) is 14.7. The molecule has 0 atom stereocenters. The number of aliphatic hydroxyl groups is 1. The van der Waals surface area contributed by atoms with E-state index in [9.17, 15) is 5.11 Å². The second-order valence-corrected chi connectivity index (χ2v) is 5.46. The maximum atomic E-state index is 9.52. The van der Waals surface area contributed by atoms with Gasteiger partial charge < -0.3 is 9.52 Å². The first-order chi connectivity index (χ1) is 10.2. The van der Waals surface area contributed by atoms with Crippen LogP contribution in [0.1, 0.15) is 24.2 Å². The second kappa shape index (κ2) is 6.13. The maximum Gasteiger partial charge on any atom is 0.134 e. The first kappa shape index (κ1) is 13.9. The summed E-state index contributed by atoms with van der Waals surface area (Å²) in [5, 5.41) is 18.3. The van der Waals surface area contributed by atoms with Gasteiger partial charge in [0.15, 0.2) is 0 Å². The van der Waals surface area contributed by atoms with Crippen LogP contribution in [0.2, 0.25) is 0 Å². The van der Waals surface area contributed by atoms with Crippen molar-refractivity contribution < 1.29 is 9.52 Å². The number of aliphatic hydroxyl groups excluding tert-OH is 1. The quantitative estimate of drug-likeness (QED) is 0.940. The number of nitriles is 1. The number of likely N-dealkylation sites (tertiary alicyclic amines) is 1.